The summed E-state index contributed by atoms with van der Waals surface area (Å²) in [6.45, 7) is 3.96. The van der Waals surface area contributed by atoms with Crippen LogP contribution in [-0.2, 0) is 0 Å². The van der Waals surface area contributed by atoms with E-state index in [0.717, 1.165) is 11.1 Å². The Balaban J connectivity index is 1.63. The molecule has 0 bridgehead atoms. The number of carbonyl (C=O) groups excluding carboxylic acids is 1. The summed E-state index contributed by atoms with van der Waals surface area (Å²) >= 11 is 1.40. The molecular formula is C19H16N2OS. The summed E-state index contributed by atoms with van der Waals surface area (Å²) in [6.07, 6.45) is 0. The number of rotatable bonds is 5. The minimum atomic E-state index is -0.165. The Bertz CT molecular complexity index is 793. The fourth-order valence-electron chi connectivity index (χ4n) is 2.17. The highest BCUT2D eigenvalue weighted by atomic mass is 32.1. The van der Waals surface area contributed by atoms with Gasteiger partial charge in [-0.2, -0.15) is 0 Å². The molecule has 3 nitrogen and oxygen atoms in total. The van der Waals surface area contributed by atoms with E-state index in [2.05, 4.69) is 29.6 Å². The predicted octanol–water partition coefficient (Wildman–Crippen LogP) is 4.32. The number of carbonyl (C=O) groups is 1. The van der Waals surface area contributed by atoms with Crippen molar-refractivity contribution >= 4 is 22.9 Å². The predicted molar refractivity (Wildman–Crippen MR) is 95.8 cm³/mol. The van der Waals surface area contributed by atoms with Crippen LogP contribution in [0.2, 0.25) is 0 Å². The van der Waals surface area contributed by atoms with Crippen molar-refractivity contribution in [3.8, 4) is 11.1 Å². The van der Waals surface area contributed by atoms with Gasteiger partial charge in [0.1, 0.15) is 0 Å². The topological polar surface area (TPSA) is 41.1 Å². The zero-order valence-electron chi connectivity index (χ0n) is 12.5. The summed E-state index contributed by atoms with van der Waals surface area (Å²) in [5.41, 5.74) is 9.40. The van der Waals surface area contributed by atoms with Crippen molar-refractivity contribution in [1.29, 1.82) is 0 Å². The summed E-state index contributed by atoms with van der Waals surface area (Å²) in [5, 5.41) is 1.87. The fraction of sp³-hybridized carbons (Fsp3) is 0. The maximum Gasteiger partial charge on any atom is 0.279 e. The Labute approximate surface area is 139 Å². The molecule has 23 heavy (non-hydrogen) atoms. The van der Waals surface area contributed by atoms with Crippen LogP contribution < -0.4 is 10.9 Å². The molecule has 2 aromatic carbocycles. The summed E-state index contributed by atoms with van der Waals surface area (Å²) in [4.78, 5) is 12.5. The maximum atomic E-state index is 11.9. The Morgan fingerprint density at radius 1 is 0.826 bits per heavy atom. The molecule has 1 heterocycles. The highest BCUT2D eigenvalue weighted by molar-refractivity contribution is 7.12. The van der Waals surface area contributed by atoms with Gasteiger partial charge in [0.15, 0.2) is 0 Å². The average molecular weight is 320 g/mol. The van der Waals surface area contributed by atoms with E-state index in [1.54, 1.807) is 6.07 Å². The third-order valence-electron chi connectivity index (χ3n) is 3.41. The first-order valence-electron chi connectivity index (χ1n) is 7.18. The lowest BCUT2D eigenvalue weighted by Gasteiger charge is -2.11. The molecule has 0 saturated heterocycles. The Kier molecular flexibility index (Phi) is 4.54. The van der Waals surface area contributed by atoms with Gasteiger partial charge in [-0.3, -0.25) is 15.6 Å². The third-order valence-corrected chi connectivity index (χ3v) is 4.28. The standard InChI is InChI=1S/C19H16N2OS/c1-14(20-21-19(22)18-8-5-13-23-18)15-9-11-17(12-10-15)16-6-3-2-4-7-16/h2-13,20H,1H2,(H,21,22). The van der Waals surface area contributed by atoms with Crippen LogP contribution in [0.3, 0.4) is 0 Å². The van der Waals surface area contributed by atoms with E-state index in [1.165, 1.54) is 16.9 Å². The van der Waals surface area contributed by atoms with E-state index in [-0.39, 0.29) is 5.91 Å². The van der Waals surface area contributed by atoms with Crippen molar-refractivity contribution in [3.05, 3.63) is 89.1 Å². The minimum absolute atomic E-state index is 0.165. The second kappa shape index (κ2) is 6.94. The van der Waals surface area contributed by atoms with Gasteiger partial charge in [0.2, 0.25) is 0 Å². The van der Waals surface area contributed by atoms with Gasteiger partial charge in [0.25, 0.3) is 5.91 Å². The van der Waals surface area contributed by atoms with Gasteiger partial charge < -0.3 is 0 Å². The summed E-state index contributed by atoms with van der Waals surface area (Å²) in [6, 6.07) is 21.8. The molecule has 0 saturated carbocycles. The van der Waals surface area contributed by atoms with Crippen LogP contribution in [0.25, 0.3) is 16.8 Å². The number of thiophene rings is 1. The number of nitrogens with one attached hydrogen (secondary N) is 2. The molecule has 1 amide bonds. The first-order valence-corrected chi connectivity index (χ1v) is 8.06. The number of benzene rings is 2. The molecule has 0 aliphatic heterocycles. The molecule has 114 valence electrons. The first kappa shape index (κ1) is 15.1. The van der Waals surface area contributed by atoms with Gasteiger partial charge in [0, 0.05) is 0 Å². The van der Waals surface area contributed by atoms with E-state index >= 15 is 0 Å². The van der Waals surface area contributed by atoms with Crippen molar-refractivity contribution in [3.63, 3.8) is 0 Å². The molecule has 3 aromatic rings. The smallest absolute Gasteiger partial charge is 0.279 e. The lowest BCUT2D eigenvalue weighted by molar-refractivity contribution is 0.0946. The third kappa shape index (κ3) is 3.67. The summed E-state index contributed by atoms with van der Waals surface area (Å²) < 4.78 is 0. The second-order valence-corrected chi connectivity index (χ2v) is 5.93. The molecule has 0 unspecified atom stereocenters. The molecular weight excluding hydrogens is 304 g/mol. The van der Waals surface area contributed by atoms with Crippen LogP contribution in [0, 0.1) is 0 Å². The average Bonchev–Trinajstić information content (AvgIpc) is 3.15. The SMILES string of the molecule is C=C(NNC(=O)c1cccs1)c1ccc(-c2ccccc2)cc1. The zero-order valence-corrected chi connectivity index (χ0v) is 13.3. The van der Waals surface area contributed by atoms with Gasteiger partial charge in [-0.15, -0.1) is 11.3 Å². The van der Waals surface area contributed by atoms with Gasteiger partial charge in [-0.1, -0.05) is 67.2 Å². The van der Waals surface area contributed by atoms with E-state index in [1.807, 2.05) is 53.9 Å². The van der Waals surface area contributed by atoms with Crippen molar-refractivity contribution in [2.75, 3.05) is 0 Å². The number of amides is 1. The van der Waals surface area contributed by atoms with Crippen LogP contribution in [0.15, 0.2) is 78.7 Å². The van der Waals surface area contributed by atoms with E-state index in [9.17, 15) is 4.79 Å². The van der Waals surface area contributed by atoms with Crippen LogP contribution >= 0.6 is 11.3 Å². The van der Waals surface area contributed by atoms with E-state index < -0.39 is 0 Å². The van der Waals surface area contributed by atoms with Crippen LogP contribution in [-0.4, -0.2) is 5.91 Å². The van der Waals surface area contributed by atoms with Crippen molar-refractivity contribution < 1.29 is 4.79 Å². The molecule has 0 aliphatic rings. The van der Waals surface area contributed by atoms with Gasteiger partial charge >= 0.3 is 0 Å². The molecule has 0 fully saturated rings. The lowest BCUT2D eigenvalue weighted by atomic mass is 10.0. The summed E-state index contributed by atoms with van der Waals surface area (Å²) in [7, 11) is 0. The summed E-state index contributed by atoms with van der Waals surface area (Å²) in [5.74, 6) is -0.165. The van der Waals surface area contributed by atoms with Crippen LogP contribution in [0.5, 0.6) is 0 Å². The molecule has 0 aliphatic carbocycles. The molecule has 4 heteroatoms. The minimum Gasteiger partial charge on any atom is -0.298 e. The molecule has 3 rings (SSSR count). The quantitative estimate of drug-likeness (QED) is 0.687. The van der Waals surface area contributed by atoms with Crippen molar-refractivity contribution in [2.45, 2.75) is 0 Å². The zero-order chi connectivity index (χ0) is 16.1. The second-order valence-electron chi connectivity index (χ2n) is 4.98. The lowest BCUT2D eigenvalue weighted by Crippen LogP contribution is -2.35. The highest BCUT2D eigenvalue weighted by Gasteiger charge is 2.06. The molecule has 0 atom stereocenters. The van der Waals surface area contributed by atoms with E-state index in [4.69, 9.17) is 0 Å². The Morgan fingerprint density at radius 2 is 1.52 bits per heavy atom. The van der Waals surface area contributed by atoms with Crippen molar-refractivity contribution in [1.82, 2.24) is 10.9 Å². The molecule has 0 spiro atoms. The normalized spacial score (nSPS) is 10.1. The monoisotopic (exact) mass is 320 g/mol. The van der Waals surface area contributed by atoms with Crippen LogP contribution in [0.1, 0.15) is 15.2 Å². The number of hydrazine groups is 1. The number of hydrogen-bond acceptors (Lipinski definition) is 3. The van der Waals surface area contributed by atoms with Crippen LogP contribution in [0.4, 0.5) is 0 Å². The van der Waals surface area contributed by atoms with Gasteiger partial charge in [-0.05, 0) is 28.1 Å². The van der Waals surface area contributed by atoms with Gasteiger partial charge in [-0.25, -0.2) is 0 Å². The largest absolute Gasteiger partial charge is 0.298 e. The molecule has 2 N–H and O–H groups in total. The first-order chi connectivity index (χ1) is 11.2. The van der Waals surface area contributed by atoms with E-state index in [0.29, 0.717) is 10.6 Å². The fourth-order valence-corrected chi connectivity index (χ4v) is 2.79. The van der Waals surface area contributed by atoms with Crippen molar-refractivity contribution in [2.24, 2.45) is 0 Å². The number of hydrogen-bond donors (Lipinski definition) is 2. The van der Waals surface area contributed by atoms with Gasteiger partial charge in [0.05, 0.1) is 10.6 Å². The maximum absolute atomic E-state index is 11.9. The molecule has 1 aromatic heterocycles. The highest BCUT2D eigenvalue weighted by Crippen LogP contribution is 2.20. The Morgan fingerprint density at radius 3 is 2.17 bits per heavy atom. The molecule has 0 radical (unpaired) electrons. The Hall–Kier alpha value is -2.85.